The second kappa shape index (κ2) is 2.89. The van der Waals surface area contributed by atoms with Gasteiger partial charge in [-0.3, -0.25) is 0 Å². The fourth-order valence-electron chi connectivity index (χ4n) is 0.696. The second-order valence-corrected chi connectivity index (χ2v) is 2.01. The number of carboxylic acids is 1. The number of carboxylic acid groups (broad SMARTS) is 1. The zero-order chi connectivity index (χ0) is 8.27. The van der Waals surface area contributed by atoms with Crippen LogP contribution < -0.4 is 0 Å². The molecule has 0 aliphatic carbocycles. The van der Waals surface area contributed by atoms with Gasteiger partial charge in [0.2, 0.25) is 0 Å². The maximum absolute atomic E-state index is 10.3. The largest absolute Gasteiger partial charge is 0.478 e. The Morgan fingerprint density at radius 1 is 1.36 bits per heavy atom. The molecular formula is C9H5O2. The normalized spacial score (nSPS) is 8.64. The van der Waals surface area contributed by atoms with Crippen molar-refractivity contribution in [3.8, 4) is 5.92 Å². The third-order valence-electron chi connectivity index (χ3n) is 1.28. The lowest BCUT2D eigenvalue weighted by atomic mass is 10.1. The maximum atomic E-state index is 10.3. The highest BCUT2D eigenvalue weighted by molar-refractivity contribution is 5.87. The smallest absolute Gasteiger partial charge is 0.335 e. The van der Waals surface area contributed by atoms with E-state index in [1.807, 2.05) is 0 Å². The molecule has 1 N–H and O–H groups in total. The average Bonchev–Trinajstić information content (AvgIpc) is 2.05. The van der Waals surface area contributed by atoms with Gasteiger partial charge in [0.15, 0.2) is 0 Å². The van der Waals surface area contributed by atoms with Crippen LogP contribution >= 0.6 is 0 Å². The minimum atomic E-state index is -0.957. The van der Waals surface area contributed by atoms with Crippen LogP contribution in [0.5, 0.6) is 0 Å². The van der Waals surface area contributed by atoms with E-state index in [9.17, 15) is 4.79 Å². The fourth-order valence-corrected chi connectivity index (χ4v) is 0.696. The van der Waals surface area contributed by atoms with Crippen molar-refractivity contribution in [2.45, 2.75) is 0 Å². The zero-order valence-corrected chi connectivity index (χ0v) is 5.66. The van der Waals surface area contributed by atoms with Gasteiger partial charge in [-0.1, -0.05) is 5.92 Å². The molecule has 53 valence electrons. The molecule has 0 saturated carbocycles. The molecule has 0 aliphatic rings. The van der Waals surface area contributed by atoms with Crippen molar-refractivity contribution < 1.29 is 9.90 Å². The first-order valence-corrected chi connectivity index (χ1v) is 3.00. The Hall–Kier alpha value is -1.75. The van der Waals surface area contributed by atoms with Crippen molar-refractivity contribution in [3.05, 3.63) is 41.8 Å². The molecule has 1 aromatic carbocycles. The SMILES string of the molecule is [C]#Cc1ccc(C(=O)O)cc1. The molecule has 0 fully saturated rings. The quantitative estimate of drug-likeness (QED) is 0.605. The van der Waals surface area contributed by atoms with Gasteiger partial charge in [0.1, 0.15) is 0 Å². The van der Waals surface area contributed by atoms with Crippen LogP contribution in [-0.4, -0.2) is 11.1 Å². The van der Waals surface area contributed by atoms with Gasteiger partial charge in [-0.2, -0.15) is 0 Å². The van der Waals surface area contributed by atoms with Gasteiger partial charge >= 0.3 is 5.97 Å². The van der Waals surface area contributed by atoms with E-state index in [0.717, 1.165) is 0 Å². The molecule has 0 saturated heterocycles. The van der Waals surface area contributed by atoms with Crippen molar-refractivity contribution in [3.63, 3.8) is 0 Å². The first-order chi connectivity index (χ1) is 5.24. The summed E-state index contributed by atoms with van der Waals surface area (Å²) in [6.07, 6.45) is 6.72. The molecule has 11 heavy (non-hydrogen) atoms. The van der Waals surface area contributed by atoms with Crippen LogP contribution in [0.4, 0.5) is 0 Å². The molecule has 0 atom stereocenters. The van der Waals surface area contributed by atoms with Gasteiger partial charge in [0.25, 0.3) is 0 Å². The van der Waals surface area contributed by atoms with Gasteiger partial charge < -0.3 is 5.11 Å². The third kappa shape index (κ3) is 1.59. The second-order valence-electron chi connectivity index (χ2n) is 2.01. The summed E-state index contributed by atoms with van der Waals surface area (Å²) in [5, 5.41) is 8.48. The summed E-state index contributed by atoms with van der Waals surface area (Å²) in [5.41, 5.74) is 0.805. The molecule has 2 heteroatoms. The molecule has 2 nitrogen and oxygen atoms in total. The van der Waals surface area contributed by atoms with Gasteiger partial charge in [0, 0.05) is 5.56 Å². The van der Waals surface area contributed by atoms with E-state index in [4.69, 9.17) is 11.5 Å². The Labute approximate surface area is 64.5 Å². The summed E-state index contributed by atoms with van der Waals surface area (Å²) in [6.45, 7) is 0. The standard InChI is InChI=1S/C9H5O2/c1-2-7-3-5-8(6-4-7)9(10)11/h3-6H,(H,10,11). The van der Waals surface area contributed by atoms with E-state index < -0.39 is 5.97 Å². The van der Waals surface area contributed by atoms with Crippen molar-refractivity contribution >= 4 is 5.97 Å². The van der Waals surface area contributed by atoms with Crippen LogP contribution in [0.2, 0.25) is 0 Å². The fraction of sp³-hybridized carbons (Fsp3) is 0. The topological polar surface area (TPSA) is 37.3 Å². The van der Waals surface area contributed by atoms with E-state index in [1.54, 1.807) is 0 Å². The Morgan fingerprint density at radius 2 is 1.91 bits per heavy atom. The van der Waals surface area contributed by atoms with Crippen molar-refractivity contribution in [2.75, 3.05) is 0 Å². The number of hydrogen-bond acceptors (Lipinski definition) is 1. The van der Waals surface area contributed by atoms with E-state index >= 15 is 0 Å². The highest BCUT2D eigenvalue weighted by Gasteiger charge is 1.99. The van der Waals surface area contributed by atoms with Crippen LogP contribution in [0, 0.1) is 12.3 Å². The zero-order valence-electron chi connectivity index (χ0n) is 5.66. The number of rotatable bonds is 1. The van der Waals surface area contributed by atoms with Crippen LogP contribution in [0.1, 0.15) is 15.9 Å². The Balaban J connectivity index is 3.03. The average molecular weight is 145 g/mol. The summed E-state index contributed by atoms with van der Waals surface area (Å²) < 4.78 is 0. The number of carbonyl (C=O) groups is 1. The summed E-state index contributed by atoms with van der Waals surface area (Å²) in [4.78, 5) is 10.3. The minimum Gasteiger partial charge on any atom is -0.478 e. The molecule has 1 aromatic rings. The number of aromatic carboxylic acids is 1. The Morgan fingerprint density at radius 3 is 2.27 bits per heavy atom. The van der Waals surface area contributed by atoms with E-state index in [2.05, 4.69) is 5.92 Å². The highest BCUT2D eigenvalue weighted by Crippen LogP contribution is 2.02. The predicted molar refractivity (Wildman–Crippen MR) is 39.6 cm³/mol. The molecule has 1 radical (unpaired) electrons. The van der Waals surface area contributed by atoms with Crippen LogP contribution in [0.15, 0.2) is 24.3 Å². The lowest BCUT2D eigenvalue weighted by Gasteiger charge is -1.92. The predicted octanol–water partition coefficient (Wildman–Crippen LogP) is 1.32. The van der Waals surface area contributed by atoms with Crippen LogP contribution in [0.25, 0.3) is 0 Å². The first-order valence-electron chi connectivity index (χ1n) is 3.00. The summed E-state index contributed by atoms with van der Waals surface area (Å²) in [6, 6.07) is 5.96. The lowest BCUT2D eigenvalue weighted by Crippen LogP contribution is -1.94. The summed E-state index contributed by atoms with van der Waals surface area (Å²) in [5.74, 6) is 1.19. The minimum absolute atomic E-state index is 0.226. The van der Waals surface area contributed by atoms with Crippen LogP contribution in [-0.2, 0) is 0 Å². The van der Waals surface area contributed by atoms with E-state index in [1.165, 1.54) is 24.3 Å². The molecular weight excluding hydrogens is 140 g/mol. The monoisotopic (exact) mass is 145 g/mol. The highest BCUT2D eigenvalue weighted by atomic mass is 16.4. The van der Waals surface area contributed by atoms with E-state index in [0.29, 0.717) is 5.56 Å². The van der Waals surface area contributed by atoms with Gasteiger partial charge in [-0.05, 0) is 30.7 Å². The molecule has 0 aliphatic heterocycles. The molecule has 0 spiro atoms. The molecule has 1 rings (SSSR count). The lowest BCUT2D eigenvalue weighted by molar-refractivity contribution is 0.0697. The van der Waals surface area contributed by atoms with Crippen molar-refractivity contribution in [1.29, 1.82) is 0 Å². The van der Waals surface area contributed by atoms with Crippen molar-refractivity contribution in [1.82, 2.24) is 0 Å². The summed E-state index contributed by atoms with van der Waals surface area (Å²) in [7, 11) is 0. The molecule has 0 heterocycles. The molecule has 0 aromatic heterocycles. The van der Waals surface area contributed by atoms with Gasteiger partial charge in [0.05, 0.1) is 5.56 Å². The van der Waals surface area contributed by atoms with Gasteiger partial charge in [-0.15, -0.1) is 0 Å². The first kappa shape index (κ1) is 7.36. The Kier molecular flexibility index (Phi) is 1.93. The summed E-state index contributed by atoms with van der Waals surface area (Å²) >= 11 is 0. The van der Waals surface area contributed by atoms with Crippen LogP contribution in [0.3, 0.4) is 0 Å². The maximum Gasteiger partial charge on any atom is 0.335 e. The molecule has 0 bridgehead atoms. The molecule has 0 amide bonds. The number of hydrogen-bond donors (Lipinski definition) is 1. The van der Waals surface area contributed by atoms with Crippen molar-refractivity contribution in [2.24, 2.45) is 0 Å². The number of benzene rings is 1. The molecule has 0 unspecified atom stereocenters. The van der Waals surface area contributed by atoms with E-state index in [-0.39, 0.29) is 5.56 Å². The van der Waals surface area contributed by atoms with Gasteiger partial charge in [-0.25, -0.2) is 4.79 Å². The third-order valence-corrected chi connectivity index (χ3v) is 1.28. The Bertz CT molecular complexity index is 303.